The predicted molar refractivity (Wildman–Crippen MR) is 85.2 cm³/mol. The Bertz CT molecular complexity index is 562. The van der Waals surface area contributed by atoms with E-state index < -0.39 is 4.92 Å². The van der Waals surface area contributed by atoms with Gasteiger partial charge in [-0.3, -0.25) is 14.9 Å². The largest absolute Gasteiger partial charge is 0.375 e. The lowest BCUT2D eigenvalue weighted by atomic mass is 10.0. The monoisotopic (exact) mass is 306 g/mol. The molecule has 1 amide bonds. The fourth-order valence-corrected chi connectivity index (χ4v) is 2.77. The van der Waals surface area contributed by atoms with Crippen molar-refractivity contribution in [2.75, 3.05) is 32.0 Å². The first-order valence-corrected chi connectivity index (χ1v) is 7.54. The Morgan fingerprint density at radius 2 is 2.27 bits per heavy atom. The molecule has 1 atom stereocenters. The molecule has 1 aliphatic rings. The average molecular weight is 306 g/mol. The van der Waals surface area contributed by atoms with Crippen molar-refractivity contribution >= 4 is 17.3 Å². The van der Waals surface area contributed by atoms with Crippen molar-refractivity contribution in [2.24, 2.45) is 0 Å². The van der Waals surface area contributed by atoms with Crippen LogP contribution in [-0.4, -0.2) is 48.5 Å². The molecule has 1 aliphatic heterocycles. The Labute approximate surface area is 129 Å². The van der Waals surface area contributed by atoms with E-state index in [0.29, 0.717) is 11.3 Å². The van der Waals surface area contributed by atoms with Crippen molar-refractivity contribution in [1.82, 2.24) is 10.2 Å². The maximum atomic E-state index is 11.6. The van der Waals surface area contributed by atoms with E-state index in [4.69, 9.17) is 0 Å². The second-order valence-corrected chi connectivity index (χ2v) is 5.44. The molecule has 1 fully saturated rings. The maximum absolute atomic E-state index is 11.6. The van der Waals surface area contributed by atoms with E-state index >= 15 is 0 Å². The van der Waals surface area contributed by atoms with Crippen molar-refractivity contribution in [1.29, 1.82) is 0 Å². The molecule has 2 rings (SSSR count). The van der Waals surface area contributed by atoms with Gasteiger partial charge in [-0.1, -0.05) is 6.92 Å². The second-order valence-electron chi connectivity index (χ2n) is 5.44. The molecule has 2 N–H and O–H groups in total. The van der Waals surface area contributed by atoms with Gasteiger partial charge in [0.2, 0.25) is 0 Å². The van der Waals surface area contributed by atoms with E-state index in [9.17, 15) is 14.9 Å². The van der Waals surface area contributed by atoms with Crippen molar-refractivity contribution in [3.63, 3.8) is 0 Å². The highest BCUT2D eigenvalue weighted by Crippen LogP contribution is 2.27. The molecule has 1 heterocycles. The predicted octanol–water partition coefficient (Wildman–Crippen LogP) is 1.85. The zero-order valence-electron chi connectivity index (χ0n) is 13.0. The molecule has 0 radical (unpaired) electrons. The number of rotatable bonds is 5. The van der Waals surface area contributed by atoms with Crippen LogP contribution in [0.1, 0.15) is 30.1 Å². The number of benzene rings is 1. The summed E-state index contributed by atoms with van der Waals surface area (Å²) in [6.07, 6.45) is 2.07. The Kier molecular flexibility index (Phi) is 5.32. The van der Waals surface area contributed by atoms with Crippen molar-refractivity contribution in [3.05, 3.63) is 33.9 Å². The van der Waals surface area contributed by atoms with Crippen molar-refractivity contribution < 1.29 is 9.72 Å². The van der Waals surface area contributed by atoms with Crippen LogP contribution in [-0.2, 0) is 0 Å². The van der Waals surface area contributed by atoms with Crippen molar-refractivity contribution in [2.45, 2.75) is 25.8 Å². The summed E-state index contributed by atoms with van der Waals surface area (Å²) >= 11 is 0. The number of nitrogens with one attached hydrogen (secondary N) is 2. The van der Waals surface area contributed by atoms with Gasteiger partial charge in [-0.25, -0.2) is 0 Å². The number of carbonyl (C=O) groups excluding carboxylic acids is 1. The van der Waals surface area contributed by atoms with Gasteiger partial charge < -0.3 is 15.5 Å². The standard InChI is InChI=1S/C15H22N4O3/c1-3-18-8-4-5-12(10-18)17-13-7-6-11(15(20)16-2)9-14(13)19(21)22/h6-7,9,12,17H,3-5,8,10H2,1-2H3,(H,16,20)/t12-/m0/s1. The number of likely N-dealkylation sites (tertiary alicyclic amines) is 1. The number of amides is 1. The summed E-state index contributed by atoms with van der Waals surface area (Å²) in [7, 11) is 1.50. The normalized spacial score (nSPS) is 18.7. The van der Waals surface area contributed by atoms with Crippen LogP contribution in [0.3, 0.4) is 0 Å². The second kappa shape index (κ2) is 7.22. The third-order valence-electron chi connectivity index (χ3n) is 4.00. The van der Waals surface area contributed by atoms with E-state index in [1.165, 1.54) is 13.1 Å². The molecule has 0 spiro atoms. The first kappa shape index (κ1) is 16.2. The van der Waals surface area contributed by atoms with Crippen LogP contribution in [0.4, 0.5) is 11.4 Å². The fraction of sp³-hybridized carbons (Fsp3) is 0.533. The molecular formula is C15H22N4O3. The van der Waals surface area contributed by atoms with Gasteiger partial charge in [-0.15, -0.1) is 0 Å². The van der Waals surface area contributed by atoms with Gasteiger partial charge >= 0.3 is 0 Å². The number of piperidine rings is 1. The molecule has 0 aliphatic carbocycles. The minimum atomic E-state index is -0.449. The van der Waals surface area contributed by atoms with Gasteiger partial charge in [0.1, 0.15) is 5.69 Å². The molecular weight excluding hydrogens is 284 g/mol. The minimum absolute atomic E-state index is 0.0604. The van der Waals surface area contributed by atoms with Crippen LogP contribution >= 0.6 is 0 Å². The first-order valence-electron chi connectivity index (χ1n) is 7.54. The number of nitrogens with zero attached hydrogens (tertiary/aromatic N) is 2. The van der Waals surface area contributed by atoms with Crippen LogP contribution < -0.4 is 10.6 Å². The van der Waals surface area contributed by atoms with Crippen LogP contribution in [0, 0.1) is 10.1 Å². The number of hydrogen-bond acceptors (Lipinski definition) is 5. The summed E-state index contributed by atoms with van der Waals surface area (Å²) in [6, 6.07) is 4.74. The molecule has 0 bridgehead atoms. The molecule has 0 unspecified atom stereocenters. The number of nitro benzene ring substituents is 1. The van der Waals surface area contributed by atoms with E-state index in [2.05, 4.69) is 22.5 Å². The molecule has 1 aromatic carbocycles. The number of nitro groups is 1. The Hall–Kier alpha value is -2.15. The van der Waals surface area contributed by atoms with Gasteiger partial charge in [0, 0.05) is 31.3 Å². The third kappa shape index (κ3) is 3.73. The zero-order valence-corrected chi connectivity index (χ0v) is 13.0. The lowest BCUT2D eigenvalue weighted by Gasteiger charge is -2.32. The van der Waals surface area contributed by atoms with Gasteiger partial charge in [0.15, 0.2) is 0 Å². The highest BCUT2D eigenvalue weighted by molar-refractivity contribution is 5.95. The minimum Gasteiger partial charge on any atom is -0.375 e. The SMILES string of the molecule is CCN1CCC[C@H](Nc2ccc(C(=O)NC)cc2[N+](=O)[O-])C1. The van der Waals surface area contributed by atoms with Crippen LogP contribution in [0.2, 0.25) is 0 Å². The molecule has 22 heavy (non-hydrogen) atoms. The smallest absolute Gasteiger partial charge is 0.293 e. The Morgan fingerprint density at radius 1 is 1.50 bits per heavy atom. The lowest BCUT2D eigenvalue weighted by molar-refractivity contribution is -0.384. The fourth-order valence-electron chi connectivity index (χ4n) is 2.77. The van der Waals surface area contributed by atoms with Crippen LogP contribution in [0.15, 0.2) is 18.2 Å². The van der Waals surface area contributed by atoms with E-state index in [1.54, 1.807) is 12.1 Å². The van der Waals surface area contributed by atoms with Crippen LogP contribution in [0.5, 0.6) is 0 Å². The third-order valence-corrected chi connectivity index (χ3v) is 4.00. The van der Waals surface area contributed by atoms with Crippen LogP contribution in [0.25, 0.3) is 0 Å². The molecule has 1 saturated heterocycles. The van der Waals surface area contributed by atoms with E-state index in [0.717, 1.165) is 32.5 Å². The maximum Gasteiger partial charge on any atom is 0.293 e. The topological polar surface area (TPSA) is 87.5 Å². The Balaban J connectivity index is 2.19. The Morgan fingerprint density at radius 3 is 2.91 bits per heavy atom. The number of hydrogen-bond donors (Lipinski definition) is 2. The summed E-state index contributed by atoms with van der Waals surface area (Å²) in [5, 5.41) is 17.0. The van der Waals surface area contributed by atoms with Gasteiger partial charge in [-0.2, -0.15) is 0 Å². The van der Waals surface area contributed by atoms with Gasteiger partial charge in [0.05, 0.1) is 4.92 Å². The lowest BCUT2D eigenvalue weighted by Crippen LogP contribution is -2.41. The summed E-state index contributed by atoms with van der Waals surface area (Å²) in [6.45, 7) is 5.05. The summed E-state index contributed by atoms with van der Waals surface area (Å²) in [5.74, 6) is -0.329. The van der Waals surface area contributed by atoms with Gasteiger partial charge in [0.25, 0.3) is 11.6 Å². The highest BCUT2D eigenvalue weighted by Gasteiger charge is 2.23. The van der Waals surface area contributed by atoms with Crippen molar-refractivity contribution in [3.8, 4) is 0 Å². The molecule has 0 aromatic heterocycles. The van der Waals surface area contributed by atoms with E-state index in [-0.39, 0.29) is 17.6 Å². The molecule has 1 aromatic rings. The average Bonchev–Trinajstić information content (AvgIpc) is 2.54. The molecule has 7 nitrogen and oxygen atoms in total. The summed E-state index contributed by atoms with van der Waals surface area (Å²) in [5.41, 5.74) is 0.703. The first-order chi connectivity index (χ1) is 10.5. The zero-order chi connectivity index (χ0) is 16.1. The number of carbonyl (C=O) groups is 1. The number of anilines is 1. The van der Waals surface area contributed by atoms with Gasteiger partial charge in [-0.05, 0) is 38.1 Å². The highest BCUT2D eigenvalue weighted by atomic mass is 16.6. The molecule has 0 saturated carbocycles. The summed E-state index contributed by atoms with van der Waals surface area (Å²) in [4.78, 5) is 24.8. The molecule has 7 heteroatoms. The summed E-state index contributed by atoms with van der Waals surface area (Å²) < 4.78 is 0. The number of likely N-dealkylation sites (N-methyl/N-ethyl adjacent to an activating group) is 1. The van der Waals surface area contributed by atoms with E-state index in [1.807, 2.05) is 0 Å². The quantitative estimate of drug-likeness (QED) is 0.640. The molecule has 120 valence electrons.